The highest BCUT2D eigenvalue weighted by Crippen LogP contribution is 2.23. The van der Waals surface area contributed by atoms with E-state index in [9.17, 15) is 14.9 Å². The third kappa shape index (κ3) is 2.77. The largest absolute Gasteiger partial charge is 0.320 e. The fraction of sp³-hybridized carbons (Fsp3) is 0.300. The van der Waals surface area contributed by atoms with Crippen LogP contribution in [-0.2, 0) is 4.79 Å². The van der Waals surface area contributed by atoms with E-state index in [0.717, 1.165) is 0 Å². The Balaban J connectivity index is 2.94. The van der Waals surface area contributed by atoms with Gasteiger partial charge in [0.25, 0.3) is 5.69 Å². The monoisotopic (exact) mass is 208 g/mol. The number of nitro benzene ring substituents is 1. The van der Waals surface area contributed by atoms with Crippen LogP contribution in [0.5, 0.6) is 0 Å². The molecule has 0 aliphatic rings. The van der Waals surface area contributed by atoms with Gasteiger partial charge in [-0.1, -0.05) is 26.0 Å². The minimum absolute atomic E-state index is 0.0912. The number of hydrogen-bond acceptors (Lipinski definition) is 3. The van der Waals surface area contributed by atoms with Crippen LogP contribution in [0.1, 0.15) is 13.8 Å². The number of nitro groups is 1. The van der Waals surface area contributed by atoms with E-state index in [1.165, 1.54) is 12.1 Å². The lowest BCUT2D eigenvalue weighted by Gasteiger charge is -2.07. The minimum Gasteiger partial charge on any atom is -0.320 e. The lowest BCUT2D eigenvalue weighted by atomic mass is 10.2. The maximum Gasteiger partial charge on any atom is 0.292 e. The van der Waals surface area contributed by atoms with Crippen LogP contribution in [0, 0.1) is 16.0 Å². The molecule has 0 radical (unpaired) electrons. The summed E-state index contributed by atoms with van der Waals surface area (Å²) >= 11 is 0. The molecule has 1 aromatic rings. The number of nitrogens with zero attached hydrogens (tertiary/aromatic N) is 1. The van der Waals surface area contributed by atoms with Gasteiger partial charge in [-0.15, -0.1) is 0 Å². The maximum absolute atomic E-state index is 11.4. The van der Waals surface area contributed by atoms with Crippen LogP contribution in [0.25, 0.3) is 0 Å². The van der Waals surface area contributed by atoms with E-state index in [2.05, 4.69) is 5.32 Å². The summed E-state index contributed by atoms with van der Waals surface area (Å²) in [4.78, 5) is 21.5. The van der Waals surface area contributed by atoms with Crippen molar-refractivity contribution in [2.45, 2.75) is 13.8 Å². The number of carbonyl (C=O) groups is 1. The van der Waals surface area contributed by atoms with Gasteiger partial charge >= 0.3 is 0 Å². The van der Waals surface area contributed by atoms with Crippen LogP contribution in [0.15, 0.2) is 24.3 Å². The first-order valence-corrected chi connectivity index (χ1v) is 4.56. The third-order valence-corrected chi connectivity index (χ3v) is 1.88. The molecule has 80 valence electrons. The standard InChI is InChI=1S/C10H12N2O3/c1-7(2)10(13)11-8-5-3-4-6-9(8)12(14)15/h3-7H,1-2H3,(H,11,13). The fourth-order valence-electron chi connectivity index (χ4n) is 1.02. The van der Waals surface area contributed by atoms with E-state index >= 15 is 0 Å². The Kier molecular flexibility index (Phi) is 3.38. The molecule has 1 rings (SSSR count). The molecule has 0 atom stereocenters. The summed E-state index contributed by atoms with van der Waals surface area (Å²) < 4.78 is 0. The van der Waals surface area contributed by atoms with Gasteiger partial charge in [-0.05, 0) is 6.07 Å². The second kappa shape index (κ2) is 4.54. The van der Waals surface area contributed by atoms with Gasteiger partial charge in [-0.3, -0.25) is 14.9 Å². The number of amides is 1. The number of benzene rings is 1. The zero-order valence-electron chi connectivity index (χ0n) is 8.56. The Morgan fingerprint density at radius 1 is 1.40 bits per heavy atom. The molecule has 0 saturated carbocycles. The quantitative estimate of drug-likeness (QED) is 0.611. The van der Waals surface area contributed by atoms with Crippen molar-refractivity contribution >= 4 is 17.3 Å². The zero-order valence-corrected chi connectivity index (χ0v) is 8.56. The summed E-state index contributed by atoms with van der Waals surface area (Å²) in [6, 6.07) is 6.07. The van der Waals surface area contributed by atoms with Crippen molar-refractivity contribution in [2.24, 2.45) is 5.92 Å². The Hall–Kier alpha value is -1.91. The second-order valence-electron chi connectivity index (χ2n) is 3.42. The second-order valence-corrected chi connectivity index (χ2v) is 3.42. The first kappa shape index (κ1) is 11.2. The predicted octanol–water partition coefficient (Wildman–Crippen LogP) is 2.19. The van der Waals surface area contributed by atoms with Gasteiger partial charge in [0.15, 0.2) is 0 Å². The zero-order chi connectivity index (χ0) is 11.4. The van der Waals surface area contributed by atoms with Gasteiger partial charge in [0.2, 0.25) is 5.91 Å². The van der Waals surface area contributed by atoms with Crippen LogP contribution < -0.4 is 5.32 Å². The molecule has 0 bridgehead atoms. The molecular formula is C10H12N2O3. The van der Waals surface area contributed by atoms with Crippen molar-refractivity contribution < 1.29 is 9.72 Å². The highest BCUT2D eigenvalue weighted by molar-refractivity contribution is 5.94. The van der Waals surface area contributed by atoms with Gasteiger partial charge < -0.3 is 5.32 Å². The van der Waals surface area contributed by atoms with Crippen molar-refractivity contribution in [3.05, 3.63) is 34.4 Å². The maximum atomic E-state index is 11.4. The number of carbonyl (C=O) groups excluding carboxylic acids is 1. The van der Waals surface area contributed by atoms with Crippen LogP contribution in [-0.4, -0.2) is 10.8 Å². The van der Waals surface area contributed by atoms with E-state index in [1.54, 1.807) is 26.0 Å². The predicted molar refractivity (Wildman–Crippen MR) is 56.6 cm³/mol. The smallest absolute Gasteiger partial charge is 0.292 e. The van der Waals surface area contributed by atoms with Crippen LogP contribution in [0.3, 0.4) is 0 Å². The molecule has 0 saturated heterocycles. The number of rotatable bonds is 3. The summed E-state index contributed by atoms with van der Waals surface area (Å²) in [6.45, 7) is 3.45. The van der Waals surface area contributed by atoms with Crippen LogP contribution in [0.2, 0.25) is 0 Å². The summed E-state index contributed by atoms with van der Waals surface area (Å²) in [5.74, 6) is -0.436. The first-order chi connectivity index (χ1) is 7.02. The van der Waals surface area contributed by atoms with E-state index in [1.807, 2.05) is 0 Å². The molecule has 0 aliphatic carbocycles. The molecule has 0 unspecified atom stereocenters. The van der Waals surface area contributed by atoms with Gasteiger partial charge in [0, 0.05) is 12.0 Å². The van der Waals surface area contributed by atoms with E-state index in [0.29, 0.717) is 0 Å². The summed E-state index contributed by atoms with van der Waals surface area (Å²) in [5, 5.41) is 13.1. The van der Waals surface area contributed by atoms with Gasteiger partial charge in [0.05, 0.1) is 4.92 Å². The van der Waals surface area contributed by atoms with Crippen molar-refractivity contribution in [2.75, 3.05) is 5.32 Å². The van der Waals surface area contributed by atoms with Crippen molar-refractivity contribution in [3.63, 3.8) is 0 Å². The average Bonchev–Trinajstić information content (AvgIpc) is 2.18. The topological polar surface area (TPSA) is 72.2 Å². The van der Waals surface area contributed by atoms with E-state index in [4.69, 9.17) is 0 Å². The molecule has 1 aromatic carbocycles. The lowest BCUT2D eigenvalue weighted by Crippen LogP contribution is -2.18. The van der Waals surface area contributed by atoms with Crippen LogP contribution in [0.4, 0.5) is 11.4 Å². The third-order valence-electron chi connectivity index (χ3n) is 1.88. The number of anilines is 1. The Labute approximate surface area is 87.3 Å². The van der Waals surface area contributed by atoms with Gasteiger partial charge in [0.1, 0.15) is 5.69 Å². The van der Waals surface area contributed by atoms with E-state index < -0.39 is 4.92 Å². The normalized spacial score (nSPS) is 10.1. The van der Waals surface area contributed by atoms with Gasteiger partial charge in [-0.25, -0.2) is 0 Å². The molecule has 0 fully saturated rings. The number of nitrogens with one attached hydrogen (secondary N) is 1. The van der Waals surface area contributed by atoms with Crippen molar-refractivity contribution in [1.29, 1.82) is 0 Å². The average molecular weight is 208 g/mol. The highest BCUT2D eigenvalue weighted by atomic mass is 16.6. The molecule has 0 heterocycles. The highest BCUT2D eigenvalue weighted by Gasteiger charge is 2.15. The molecule has 5 heteroatoms. The molecule has 15 heavy (non-hydrogen) atoms. The SMILES string of the molecule is CC(C)C(=O)Nc1ccccc1[N+](=O)[O-]. The Morgan fingerprint density at radius 3 is 2.53 bits per heavy atom. The molecule has 0 aliphatic heterocycles. The first-order valence-electron chi connectivity index (χ1n) is 4.56. The molecule has 0 spiro atoms. The summed E-state index contributed by atoms with van der Waals surface area (Å²) in [7, 11) is 0. The molecule has 1 N–H and O–H groups in total. The Morgan fingerprint density at radius 2 is 2.00 bits per heavy atom. The van der Waals surface area contributed by atoms with E-state index in [-0.39, 0.29) is 23.2 Å². The van der Waals surface area contributed by atoms with Gasteiger partial charge in [-0.2, -0.15) is 0 Å². The fourth-order valence-corrected chi connectivity index (χ4v) is 1.02. The molecule has 0 aromatic heterocycles. The molecular weight excluding hydrogens is 196 g/mol. The van der Waals surface area contributed by atoms with Crippen molar-refractivity contribution in [3.8, 4) is 0 Å². The molecule has 5 nitrogen and oxygen atoms in total. The molecule has 1 amide bonds. The Bertz CT molecular complexity index is 388. The lowest BCUT2D eigenvalue weighted by molar-refractivity contribution is -0.383. The number of para-hydroxylation sites is 2. The summed E-state index contributed by atoms with van der Waals surface area (Å²) in [6.07, 6.45) is 0. The number of hydrogen-bond donors (Lipinski definition) is 1. The van der Waals surface area contributed by atoms with Crippen LogP contribution >= 0.6 is 0 Å². The minimum atomic E-state index is -0.518. The summed E-state index contributed by atoms with van der Waals surface area (Å²) in [5.41, 5.74) is 0.146. The van der Waals surface area contributed by atoms with Crippen molar-refractivity contribution in [1.82, 2.24) is 0 Å².